The molecule has 2 aliphatic heterocycles. The van der Waals surface area contributed by atoms with Crippen molar-refractivity contribution in [2.75, 3.05) is 11.5 Å². The fourth-order valence-electron chi connectivity index (χ4n) is 4.82. The van der Waals surface area contributed by atoms with Crippen molar-refractivity contribution in [1.82, 2.24) is 19.6 Å². The molecule has 0 radical (unpaired) electrons. The van der Waals surface area contributed by atoms with Gasteiger partial charge in [-0.15, -0.1) is 11.8 Å². The third kappa shape index (κ3) is 5.77. The van der Waals surface area contributed by atoms with E-state index in [0.717, 1.165) is 37.2 Å². The highest BCUT2D eigenvalue weighted by molar-refractivity contribution is 8.00. The average molecular weight is 589 g/mol. The lowest BCUT2D eigenvalue weighted by Gasteiger charge is -2.49. The standard InChI is InChI=1S/C24H25N7O7S2/c25-24-27-19(29-40-24)16(28-38-14-5-1-2-6-14)20(34)26-17-21(35)31-18(23(36)37)13(11-39-22(17)31)10-30-7-3-4-12(9-30)8-15(32)33/h3-4,7,9,14,17,22H,1-2,5-6,8,10-11H2,(H4-,25,26,27,29,32,33,34,36,37)/p+1/t17?,22-/m1/s1. The van der Waals surface area contributed by atoms with Crippen molar-refractivity contribution in [3.63, 3.8) is 0 Å². The van der Waals surface area contributed by atoms with E-state index in [-0.39, 0.29) is 47.2 Å². The molecule has 3 aliphatic rings. The second kappa shape index (κ2) is 11.6. The maximum atomic E-state index is 13.2. The molecule has 1 aliphatic carbocycles. The SMILES string of the molecule is Nc1nc(C(=NOC2CCCC2)C(=O)NC2C(=O)N3C(C(=O)O)=C(C[n+]4cccc(CC(=O)O)c4)CS[C@H]23)ns1. The summed E-state index contributed by atoms with van der Waals surface area (Å²) >= 11 is 2.21. The van der Waals surface area contributed by atoms with E-state index in [2.05, 4.69) is 19.8 Å². The van der Waals surface area contributed by atoms with Crippen LogP contribution < -0.4 is 15.6 Å². The van der Waals surface area contributed by atoms with Crippen LogP contribution >= 0.6 is 23.3 Å². The summed E-state index contributed by atoms with van der Waals surface area (Å²) in [5.41, 5.74) is 6.37. The predicted molar refractivity (Wildman–Crippen MR) is 142 cm³/mol. The molecule has 2 aromatic heterocycles. The van der Waals surface area contributed by atoms with Gasteiger partial charge < -0.3 is 26.1 Å². The number of carbonyl (C=O) groups is 4. The number of amides is 2. The lowest BCUT2D eigenvalue weighted by molar-refractivity contribution is -0.689. The van der Waals surface area contributed by atoms with Crippen LogP contribution in [0.2, 0.25) is 0 Å². The first kappa shape index (κ1) is 27.5. The number of aromatic nitrogens is 3. The quantitative estimate of drug-likeness (QED) is 0.127. The van der Waals surface area contributed by atoms with Crippen LogP contribution in [0.1, 0.15) is 37.1 Å². The van der Waals surface area contributed by atoms with Crippen molar-refractivity contribution < 1.29 is 38.8 Å². The summed E-state index contributed by atoms with van der Waals surface area (Å²) in [6, 6.07) is 2.35. The van der Waals surface area contributed by atoms with Crippen molar-refractivity contribution in [3.8, 4) is 0 Å². The molecule has 5 rings (SSSR count). The van der Waals surface area contributed by atoms with E-state index < -0.39 is 35.2 Å². The van der Waals surface area contributed by atoms with Gasteiger partial charge in [0, 0.05) is 34.5 Å². The van der Waals surface area contributed by atoms with Gasteiger partial charge in [-0.25, -0.2) is 9.36 Å². The first-order valence-corrected chi connectivity index (χ1v) is 14.3. The zero-order valence-electron chi connectivity index (χ0n) is 21.1. The second-order valence-electron chi connectivity index (χ2n) is 9.48. The van der Waals surface area contributed by atoms with E-state index in [9.17, 15) is 24.3 Å². The summed E-state index contributed by atoms with van der Waals surface area (Å²) < 4.78 is 5.74. The summed E-state index contributed by atoms with van der Waals surface area (Å²) in [6.45, 7) is 0.155. The molecule has 0 bridgehead atoms. The van der Waals surface area contributed by atoms with Crippen molar-refractivity contribution in [1.29, 1.82) is 0 Å². The Labute approximate surface area is 236 Å². The fraction of sp³-hybridized carbons (Fsp3) is 0.417. The minimum Gasteiger partial charge on any atom is -0.481 e. The second-order valence-corrected chi connectivity index (χ2v) is 11.4. The predicted octanol–water partition coefficient (Wildman–Crippen LogP) is 0.137. The number of carboxylic acids is 2. The van der Waals surface area contributed by atoms with Crippen LogP contribution in [0.25, 0.3) is 0 Å². The molecule has 210 valence electrons. The highest BCUT2D eigenvalue weighted by atomic mass is 32.2. The molecule has 2 fully saturated rings. The van der Waals surface area contributed by atoms with Crippen LogP contribution in [0, 0.1) is 0 Å². The molecule has 4 heterocycles. The van der Waals surface area contributed by atoms with Gasteiger partial charge in [-0.1, -0.05) is 5.16 Å². The molecular weight excluding hydrogens is 562 g/mol. The van der Waals surface area contributed by atoms with Gasteiger partial charge in [0.2, 0.25) is 11.5 Å². The fourth-order valence-corrected chi connectivity index (χ4v) is 6.59. The molecule has 1 saturated heterocycles. The number of nitrogens with zero attached hydrogens (tertiary/aromatic N) is 5. The number of nitrogens with two attached hydrogens (primary N) is 1. The number of rotatable bonds is 10. The number of aliphatic carboxylic acids is 2. The van der Waals surface area contributed by atoms with Gasteiger partial charge in [0.15, 0.2) is 24.1 Å². The molecule has 1 unspecified atom stereocenters. The maximum Gasteiger partial charge on any atom is 0.352 e. The average Bonchev–Trinajstić information content (AvgIpc) is 3.59. The lowest BCUT2D eigenvalue weighted by atomic mass is 10.0. The van der Waals surface area contributed by atoms with Crippen LogP contribution in [0.3, 0.4) is 0 Å². The minimum atomic E-state index is -1.27. The molecule has 16 heteroatoms. The number of carbonyl (C=O) groups excluding carboxylic acids is 2. The van der Waals surface area contributed by atoms with Crippen molar-refractivity contribution >= 4 is 57.9 Å². The Hall–Kier alpha value is -4.05. The van der Waals surface area contributed by atoms with Crippen LogP contribution in [-0.2, 0) is 37.0 Å². The first-order chi connectivity index (χ1) is 19.2. The summed E-state index contributed by atoms with van der Waals surface area (Å²) in [5.74, 6) is -3.29. The molecule has 1 saturated carbocycles. The third-order valence-corrected chi connectivity index (χ3v) is 8.53. The Bertz CT molecular complexity index is 1420. The first-order valence-electron chi connectivity index (χ1n) is 12.4. The van der Waals surface area contributed by atoms with E-state index >= 15 is 0 Å². The molecule has 5 N–H and O–H groups in total. The van der Waals surface area contributed by atoms with E-state index in [1.807, 2.05) is 0 Å². The molecule has 2 atom stereocenters. The van der Waals surface area contributed by atoms with Gasteiger partial charge in [-0.05, 0) is 31.7 Å². The highest BCUT2D eigenvalue weighted by Gasteiger charge is 2.55. The van der Waals surface area contributed by atoms with Crippen LogP contribution in [-0.4, -0.2) is 77.2 Å². The third-order valence-electron chi connectivity index (χ3n) is 6.65. The maximum absolute atomic E-state index is 13.2. The number of nitrogen functional groups attached to an aromatic ring is 1. The highest BCUT2D eigenvalue weighted by Crippen LogP contribution is 2.40. The zero-order chi connectivity index (χ0) is 28.4. The smallest absolute Gasteiger partial charge is 0.352 e. The normalized spacial score (nSPS) is 21.1. The lowest BCUT2D eigenvalue weighted by Crippen LogP contribution is -2.71. The number of hydrogen-bond donors (Lipinski definition) is 4. The largest absolute Gasteiger partial charge is 0.481 e. The number of anilines is 1. The van der Waals surface area contributed by atoms with E-state index in [1.54, 1.807) is 29.1 Å². The number of carboxylic acid groups (broad SMARTS) is 2. The topological polar surface area (TPSA) is 201 Å². The summed E-state index contributed by atoms with van der Waals surface area (Å²) in [4.78, 5) is 60.4. The molecule has 2 aromatic rings. The number of hydrogen-bond acceptors (Lipinski definition) is 11. The van der Waals surface area contributed by atoms with Crippen LogP contribution in [0.5, 0.6) is 0 Å². The number of thioether (sulfide) groups is 1. The molecule has 40 heavy (non-hydrogen) atoms. The Morgan fingerprint density at radius 1 is 1.27 bits per heavy atom. The molecular formula is C24H26N7O7S2+. The summed E-state index contributed by atoms with van der Waals surface area (Å²) in [5, 5.41) is 25.2. The Morgan fingerprint density at radius 3 is 2.73 bits per heavy atom. The Kier molecular flexibility index (Phi) is 7.97. The monoisotopic (exact) mass is 588 g/mol. The number of β-lactam (4-membered cyclic amide) rings is 1. The minimum absolute atomic E-state index is 0.0199. The summed E-state index contributed by atoms with van der Waals surface area (Å²) in [7, 11) is 0. The zero-order valence-corrected chi connectivity index (χ0v) is 22.7. The number of oxime groups is 1. The van der Waals surface area contributed by atoms with Gasteiger partial charge in [-0.2, -0.15) is 9.36 Å². The van der Waals surface area contributed by atoms with Crippen molar-refractivity contribution in [3.05, 3.63) is 47.2 Å². The van der Waals surface area contributed by atoms with Gasteiger partial charge in [0.25, 0.3) is 11.8 Å². The van der Waals surface area contributed by atoms with Gasteiger partial charge in [-0.3, -0.25) is 19.3 Å². The Balaban J connectivity index is 1.32. The Morgan fingerprint density at radius 2 is 2.05 bits per heavy atom. The van der Waals surface area contributed by atoms with Crippen molar-refractivity contribution in [2.45, 2.75) is 56.2 Å². The molecule has 0 spiro atoms. The number of nitrogens with one attached hydrogen (secondary N) is 1. The van der Waals surface area contributed by atoms with Gasteiger partial charge in [0.05, 0.1) is 6.42 Å². The van der Waals surface area contributed by atoms with Crippen LogP contribution in [0.15, 0.2) is 41.0 Å². The van der Waals surface area contributed by atoms with Gasteiger partial charge in [0.1, 0.15) is 23.2 Å². The van der Waals surface area contributed by atoms with E-state index in [0.29, 0.717) is 11.1 Å². The molecule has 0 aromatic carbocycles. The van der Waals surface area contributed by atoms with Crippen molar-refractivity contribution in [2.24, 2.45) is 5.16 Å². The van der Waals surface area contributed by atoms with E-state index in [4.69, 9.17) is 15.7 Å². The number of fused-ring (bicyclic) bond motifs is 1. The summed E-state index contributed by atoms with van der Waals surface area (Å²) in [6.07, 6.45) is 6.66. The van der Waals surface area contributed by atoms with Gasteiger partial charge >= 0.3 is 11.9 Å². The molecule has 2 amide bonds. The molecule has 14 nitrogen and oxygen atoms in total. The van der Waals surface area contributed by atoms with E-state index in [1.165, 1.54) is 16.7 Å². The van der Waals surface area contributed by atoms with Crippen LogP contribution in [0.4, 0.5) is 5.13 Å². The number of pyridine rings is 1.